The first-order valence-electron chi connectivity index (χ1n) is 8.48. The van der Waals surface area contributed by atoms with Gasteiger partial charge < -0.3 is 5.32 Å². The van der Waals surface area contributed by atoms with E-state index in [0.29, 0.717) is 40.7 Å². The molecule has 0 saturated carbocycles. The summed E-state index contributed by atoms with van der Waals surface area (Å²) in [5.74, 6) is 0.915. The fourth-order valence-electron chi connectivity index (χ4n) is 2.50. The van der Waals surface area contributed by atoms with Crippen molar-refractivity contribution in [3.8, 4) is 0 Å². The molecule has 0 bridgehead atoms. The van der Waals surface area contributed by atoms with E-state index in [2.05, 4.69) is 10.4 Å². The molecule has 1 N–H and O–H groups in total. The molecule has 1 amide bonds. The summed E-state index contributed by atoms with van der Waals surface area (Å²) in [6.45, 7) is 1.01. The van der Waals surface area contributed by atoms with Crippen LogP contribution in [0, 0.1) is 5.82 Å². The zero-order valence-corrected chi connectivity index (χ0v) is 16.1. The molecule has 0 aliphatic carbocycles. The first-order valence-corrected chi connectivity index (χ1v) is 10.0. The van der Waals surface area contributed by atoms with Gasteiger partial charge in [-0.05, 0) is 23.3 Å². The molecule has 0 unspecified atom stereocenters. The standard InChI is InChI=1S/C20H19ClFN3OS/c21-18-7-3-1-5-15(18)12-25-13-17(11-24-25)20(26)23-9-10-27-14-16-6-2-4-8-19(16)22/h1-8,11,13H,9-10,12,14H2,(H,23,26). The third-order valence-corrected chi connectivity index (χ3v) is 5.31. The fraction of sp³-hybridized carbons (Fsp3) is 0.200. The number of aromatic nitrogens is 2. The molecule has 3 rings (SSSR count). The molecule has 140 valence electrons. The van der Waals surface area contributed by atoms with E-state index >= 15 is 0 Å². The molecule has 2 aromatic carbocycles. The lowest BCUT2D eigenvalue weighted by atomic mass is 10.2. The zero-order valence-electron chi connectivity index (χ0n) is 14.6. The molecule has 0 aliphatic rings. The quantitative estimate of drug-likeness (QED) is 0.567. The van der Waals surface area contributed by atoms with Crippen molar-refractivity contribution < 1.29 is 9.18 Å². The SMILES string of the molecule is O=C(NCCSCc1ccccc1F)c1cnn(Cc2ccccc2Cl)c1. The summed E-state index contributed by atoms with van der Waals surface area (Å²) < 4.78 is 15.2. The van der Waals surface area contributed by atoms with Crippen LogP contribution in [0.3, 0.4) is 0 Å². The van der Waals surface area contributed by atoms with Gasteiger partial charge in [-0.25, -0.2) is 4.39 Å². The van der Waals surface area contributed by atoms with Crippen molar-refractivity contribution >= 4 is 29.3 Å². The largest absolute Gasteiger partial charge is 0.351 e. The topological polar surface area (TPSA) is 46.9 Å². The number of carbonyl (C=O) groups excluding carboxylic acids is 1. The number of halogens is 2. The maximum Gasteiger partial charge on any atom is 0.254 e. The Morgan fingerprint density at radius 3 is 2.67 bits per heavy atom. The van der Waals surface area contributed by atoms with Crippen molar-refractivity contribution in [3.05, 3.63) is 88.5 Å². The van der Waals surface area contributed by atoms with Crippen molar-refractivity contribution in [1.82, 2.24) is 15.1 Å². The van der Waals surface area contributed by atoms with Gasteiger partial charge in [0.25, 0.3) is 5.91 Å². The van der Waals surface area contributed by atoms with Crippen LogP contribution in [-0.2, 0) is 12.3 Å². The molecule has 3 aromatic rings. The molecule has 7 heteroatoms. The number of thioether (sulfide) groups is 1. The smallest absolute Gasteiger partial charge is 0.254 e. The van der Waals surface area contributed by atoms with Gasteiger partial charge in [-0.15, -0.1) is 0 Å². The Labute approximate surface area is 166 Å². The molecule has 27 heavy (non-hydrogen) atoms. The Balaban J connectivity index is 1.43. The highest BCUT2D eigenvalue weighted by atomic mass is 35.5. The molecule has 4 nitrogen and oxygen atoms in total. The molecule has 0 spiro atoms. The number of nitrogens with zero attached hydrogens (tertiary/aromatic N) is 2. The van der Waals surface area contributed by atoms with Crippen LogP contribution in [-0.4, -0.2) is 28.0 Å². The Kier molecular flexibility index (Phi) is 6.90. The summed E-state index contributed by atoms with van der Waals surface area (Å²) in [7, 11) is 0. The van der Waals surface area contributed by atoms with E-state index in [-0.39, 0.29) is 11.7 Å². The lowest BCUT2D eigenvalue weighted by Crippen LogP contribution is -2.25. The van der Waals surface area contributed by atoms with Crippen LogP contribution in [0.4, 0.5) is 4.39 Å². The van der Waals surface area contributed by atoms with E-state index in [9.17, 15) is 9.18 Å². The van der Waals surface area contributed by atoms with Gasteiger partial charge in [-0.1, -0.05) is 48.0 Å². The van der Waals surface area contributed by atoms with E-state index in [4.69, 9.17) is 11.6 Å². The highest BCUT2D eigenvalue weighted by Gasteiger charge is 2.09. The molecule has 0 atom stereocenters. The van der Waals surface area contributed by atoms with Crippen molar-refractivity contribution in [2.24, 2.45) is 0 Å². The average Bonchev–Trinajstić information content (AvgIpc) is 3.13. The number of hydrogen-bond donors (Lipinski definition) is 1. The van der Waals surface area contributed by atoms with Crippen molar-refractivity contribution in [2.75, 3.05) is 12.3 Å². The minimum Gasteiger partial charge on any atom is -0.351 e. The lowest BCUT2D eigenvalue weighted by Gasteiger charge is -2.05. The van der Waals surface area contributed by atoms with Gasteiger partial charge in [-0.3, -0.25) is 9.48 Å². The molecule has 1 aromatic heterocycles. The van der Waals surface area contributed by atoms with Gasteiger partial charge in [0.1, 0.15) is 5.82 Å². The fourth-order valence-corrected chi connectivity index (χ4v) is 3.55. The zero-order chi connectivity index (χ0) is 19.1. The van der Waals surface area contributed by atoms with Crippen LogP contribution >= 0.6 is 23.4 Å². The summed E-state index contributed by atoms with van der Waals surface area (Å²) in [4.78, 5) is 12.2. The molecule has 0 radical (unpaired) electrons. The molecular formula is C20H19ClFN3OS. The van der Waals surface area contributed by atoms with Gasteiger partial charge >= 0.3 is 0 Å². The summed E-state index contributed by atoms with van der Waals surface area (Å²) in [5.41, 5.74) is 2.12. The van der Waals surface area contributed by atoms with Crippen LogP contribution in [0.2, 0.25) is 5.02 Å². The van der Waals surface area contributed by atoms with Gasteiger partial charge in [0.2, 0.25) is 0 Å². The van der Waals surface area contributed by atoms with E-state index < -0.39 is 0 Å². The number of carbonyl (C=O) groups is 1. The molecule has 0 saturated heterocycles. The van der Waals surface area contributed by atoms with Crippen LogP contribution in [0.25, 0.3) is 0 Å². The third-order valence-electron chi connectivity index (χ3n) is 3.93. The van der Waals surface area contributed by atoms with E-state index in [1.807, 2.05) is 30.3 Å². The molecular weight excluding hydrogens is 385 g/mol. The van der Waals surface area contributed by atoms with E-state index in [1.54, 1.807) is 41.0 Å². The maximum atomic E-state index is 13.5. The number of benzene rings is 2. The van der Waals surface area contributed by atoms with Crippen LogP contribution in [0.1, 0.15) is 21.5 Å². The van der Waals surface area contributed by atoms with Crippen molar-refractivity contribution in [1.29, 1.82) is 0 Å². The normalized spacial score (nSPS) is 10.7. The Hall–Kier alpha value is -2.31. The van der Waals surface area contributed by atoms with E-state index in [1.165, 1.54) is 6.07 Å². The second-order valence-corrected chi connectivity index (χ2v) is 7.43. The summed E-state index contributed by atoms with van der Waals surface area (Å²) in [6, 6.07) is 14.3. The van der Waals surface area contributed by atoms with Crippen LogP contribution in [0.15, 0.2) is 60.9 Å². The predicted molar refractivity (Wildman–Crippen MR) is 108 cm³/mol. The monoisotopic (exact) mass is 403 g/mol. The Morgan fingerprint density at radius 1 is 1.15 bits per heavy atom. The summed E-state index contributed by atoms with van der Waals surface area (Å²) in [6.07, 6.45) is 3.24. The molecule has 1 heterocycles. The van der Waals surface area contributed by atoms with Gasteiger partial charge in [0.05, 0.1) is 18.3 Å². The molecule has 0 aliphatic heterocycles. The minimum atomic E-state index is -0.194. The maximum absolute atomic E-state index is 13.5. The van der Waals surface area contributed by atoms with Crippen LogP contribution in [0.5, 0.6) is 0 Å². The van der Waals surface area contributed by atoms with Gasteiger partial charge in [0, 0.05) is 29.3 Å². The Bertz CT molecular complexity index is 916. The highest BCUT2D eigenvalue weighted by molar-refractivity contribution is 7.98. The number of nitrogens with one attached hydrogen (secondary N) is 1. The highest BCUT2D eigenvalue weighted by Crippen LogP contribution is 2.16. The third kappa shape index (κ3) is 5.58. The number of hydrogen-bond acceptors (Lipinski definition) is 3. The second-order valence-electron chi connectivity index (χ2n) is 5.92. The first-order chi connectivity index (χ1) is 13.1. The van der Waals surface area contributed by atoms with Crippen molar-refractivity contribution in [2.45, 2.75) is 12.3 Å². The predicted octanol–water partition coefficient (Wildman–Crippen LogP) is 4.39. The number of rotatable bonds is 8. The average molecular weight is 404 g/mol. The Morgan fingerprint density at radius 2 is 1.89 bits per heavy atom. The first kappa shape index (κ1) is 19.5. The van der Waals surface area contributed by atoms with E-state index in [0.717, 1.165) is 5.56 Å². The van der Waals surface area contributed by atoms with Gasteiger partial charge in [-0.2, -0.15) is 16.9 Å². The molecule has 0 fully saturated rings. The number of amides is 1. The van der Waals surface area contributed by atoms with Crippen LogP contribution < -0.4 is 5.32 Å². The summed E-state index contributed by atoms with van der Waals surface area (Å²) >= 11 is 7.73. The lowest BCUT2D eigenvalue weighted by molar-refractivity contribution is 0.0956. The minimum absolute atomic E-state index is 0.174. The summed E-state index contributed by atoms with van der Waals surface area (Å²) in [5, 5.41) is 7.75. The second kappa shape index (κ2) is 9.58. The van der Waals surface area contributed by atoms with Gasteiger partial charge in [0.15, 0.2) is 0 Å². The van der Waals surface area contributed by atoms with Crippen molar-refractivity contribution in [3.63, 3.8) is 0 Å².